The molecule has 0 amide bonds. The molecule has 1 heterocycles. The summed E-state index contributed by atoms with van der Waals surface area (Å²) >= 11 is 6.07. The Morgan fingerprint density at radius 2 is 1.76 bits per heavy atom. The van der Waals surface area contributed by atoms with Crippen molar-refractivity contribution in [3.05, 3.63) is 34.3 Å². The van der Waals surface area contributed by atoms with Gasteiger partial charge in [0.1, 0.15) is 0 Å². The molecule has 0 aromatic heterocycles. The molecule has 4 nitrogen and oxygen atoms in total. The molecule has 138 valence electrons. The third-order valence-electron chi connectivity index (χ3n) is 4.72. The molecule has 1 fully saturated rings. The van der Waals surface area contributed by atoms with Crippen LogP contribution in [0.4, 0.5) is 13.2 Å². The van der Waals surface area contributed by atoms with Gasteiger partial charge < -0.3 is 14.4 Å². The molecule has 0 bridgehead atoms. The fourth-order valence-corrected chi connectivity index (χ4v) is 2.86. The van der Waals surface area contributed by atoms with Gasteiger partial charge in [-0.3, -0.25) is 4.79 Å². The molecule has 1 atom stereocenters. The number of alkyl halides is 3. The highest BCUT2D eigenvalue weighted by molar-refractivity contribution is 6.48. The summed E-state index contributed by atoms with van der Waals surface area (Å²) in [7, 11) is -1.03. The lowest BCUT2D eigenvalue weighted by molar-refractivity contribution is -0.137. The topological polar surface area (TPSA) is 55.8 Å². The van der Waals surface area contributed by atoms with Crippen LogP contribution in [0.2, 0.25) is 5.02 Å². The van der Waals surface area contributed by atoms with Gasteiger partial charge in [0.05, 0.1) is 23.2 Å². The lowest BCUT2D eigenvalue weighted by Crippen LogP contribution is -2.41. The average molecular weight is 379 g/mol. The predicted octanol–water partition coefficient (Wildman–Crippen LogP) is 4.55. The van der Waals surface area contributed by atoms with E-state index in [0.29, 0.717) is 0 Å². The first-order valence-corrected chi connectivity index (χ1v) is 8.06. The Labute approximate surface area is 149 Å². The molecule has 1 aromatic carbocycles. The number of aliphatic carboxylic acids is 1. The van der Waals surface area contributed by atoms with Crippen LogP contribution in [0.3, 0.4) is 0 Å². The van der Waals surface area contributed by atoms with Crippen molar-refractivity contribution >= 4 is 24.7 Å². The van der Waals surface area contributed by atoms with Crippen molar-refractivity contribution in [3.63, 3.8) is 0 Å². The van der Waals surface area contributed by atoms with Crippen LogP contribution in [0.15, 0.2) is 18.2 Å². The second kappa shape index (κ2) is 6.48. The Kier molecular flexibility index (Phi) is 5.21. The van der Waals surface area contributed by atoms with Gasteiger partial charge in [-0.05, 0) is 51.5 Å². The third kappa shape index (κ3) is 4.12. The average Bonchev–Trinajstić information content (AvgIpc) is 2.64. The summed E-state index contributed by atoms with van der Waals surface area (Å²) in [6, 6.07) is 2.83. The van der Waals surface area contributed by atoms with E-state index in [-0.39, 0.29) is 10.6 Å². The van der Waals surface area contributed by atoms with E-state index in [2.05, 4.69) is 0 Å². The maximum Gasteiger partial charge on any atom is 0.466 e. The number of carbonyl (C=O) groups is 1. The molecule has 0 saturated carbocycles. The third-order valence-corrected chi connectivity index (χ3v) is 5.06. The van der Waals surface area contributed by atoms with Gasteiger partial charge in [-0.1, -0.05) is 11.6 Å². The number of benzene rings is 1. The molecule has 2 rings (SSSR count). The second-order valence-electron chi connectivity index (χ2n) is 7.06. The lowest BCUT2D eigenvalue weighted by Gasteiger charge is -2.32. The van der Waals surface area contributed by atoms with Crippen molar-refractivity contribution in [1.82, 2.24) is 0 Å². The summed E-state index contributed by atoms with van der Waals surface area (Å²) in [5, 5.41) is 9.25. The maximum atomic E-state index is 13.0. The van der Waals surface area contributed by atoms with E-state index >= 15 is 0 Å². The van der Waals surface area contributed by atoms with Crippen molar-refractivity contribution in [2.24, 2.45) is 0 Å². The molecule has 0 spiro atoms. The minimum Gasteiger partial charge on any atom is -0.481 e. The normalized spacial score (nSPS) is 20.6. The number of carboxylic acid groups (broad SMARTS) is 1. The summed E-state index contributed by atoms with van der Waals surface area (Å²) in [5.41, 5.74) is -2.36. The smallest absolute Gasteiger partial charge is 0.466 e. The second-order valence-corrected chi connectivity index (χ2v) is 7.47. The Morgan fingerprint density at radius 3 is 2.20 bits per heavy atom. The van der Waals surface area contributed by atoms with E-state index in [0.717, 1.165) is 18.2 Å². The van der Waals surface area contributed by atoms with E-state index in [9.17, 15) is 23.1 Å². The fraction of sp³-hybridized carbons (Fsp3) is 0.562. The quantitative estimate of drug-likeness (QED) is 0.781. The molecule has 0 radical (unpaired) electrons. The lowest BCUT2D eigenvalue weighted by atomic mass is 9.66. The zero-order valence-corrected chi connectivity index (χ0v) is 15.0. The highest BCUT2D eigenvalue weighted by atomic mass is 35.5. The molecule has 1 aliphatic heterocycles. The number of carboxylic acids is 1. The molecule has 0 aliphatic carbocycles. The van der Waals surface area contributed by atoms with Crippen LogP contribution in [-0.4, -0.2) is 29.4 Å². The fourth-order valence-electron chi connectivity index (χ4n) is 2.60. The largest absolute Gasteiger partial charge is 0.481 e. The van der Waals surface area contributed by atoms with Crippen LogP contribution in [0, 0.1) is 0 Å². The van der Waals surface area contributed by atoms with Crippen molar-refractivity contribution in [3.8, 4) is 0 Å². The van der Waals surface area contributed by atoms with Crippen LogP contribution in [0.1, 0.15) is 51.1 Å². The van der Waals surface area contributed by atoms with Gasteiger partial charge in [-0.25, -0.2) is 0 Å². The van der Waals surface area contributed by atoms with Gasteiger partial charge in [0.15, 0.2) is 0 Å². The van der Waals surface area contributed by atoms with Crippen LogP contribution >= 0.6 is 11.6 Å². The van der Waals surface area contributed by atoms with Gasteiger partial charge >= 0.3 is 19.3 Å². The van der Waals surface area contributed by atoms with Crippen LogP contribution in [0.25, 0.3) is 0 Å². The Morgan fingerprint density at radius 1 is 1.24 bits per heavy atom. The van der Waals surface area contributed by atoms with Gasteiger partial charge in [0, 0.05) is 10.8 Å². The van der Waals surface area contributed by atoms with Crippen LogP contribution in [-0.2, 0) is 20.3 Å². The van der Waals surface area contributed by atoms with Gasteiger partial charge in [0.2, 0.25) is 0 Å². The van der Waals surface area contributed by atoms with Gasteiger partial charge in [-0.15, -0.1) is 0 Å². The minimum atomic E-state index is -4.57. The van der Waals surface area contributed by atoms with Crippen LogP contribution < -0.4 is 0 Å². The maximum absolute atomic E-state index is 13.0. The Balaban J connectivity index is 2.48. The van der Waals surface area contributed by atoms with Gasteiger partial charge in [-0.2, -0.15) is 13.2 Å². The predicted molar refractivity (Wildman–Crippen MR) is 87.5 cm³/mol. The van der Waals surface area contributed by atoms with E-state index in [1.165, 1.54) is 0 Å². The monoisotopic (exact) mass is 378 g/mol. The first kappa shape index (κ1) is 20.1. The van der Waals surface area contributed by atoms with Crippen molar-refractivity contribution in [2.75, 3.05) is 0 Å². The van der Waals surface area contributed by atoms with Crippen molar-refractivity contribution < 1.29 is 32.4 Å². The molecular weight excluding hydrogens is 359 g/mol. The molecule has 1 saturated heterocycles. The number of hydrogen-bond acceptors (Lipinski definition) is 3. The highest BCUT2D eigenvalue weighted by Crippen LogP contribution is 2.44. The first-order chi connectivity index (χ1) is 11.2. The first-order valence-electron chi connectivity index (χ1n) is 7.69. The molecular formula is C16H19BClF3O4. The summed E-state index contributed by atoms with van der Waals surface area (Å²) in [4.78, 5) is 11.3. The number of halogens is 4. The Hall–Kier alpha value is -1.25. The summed E-state index contributed by atoms with van der Waals surface area (Å²) < 4.78 is 50.8. The molecule has 1 aromatic rings. The molecule has 1 unspecified atom stereocenters. The SMILES string of the molecule is CC1(C)OB(C(CC(=O)O)c2cc(C(F)(F)F)ccc2Cl)OC1(C)C. The number of rotatable bonds is 4. The molecule has 9 heteroatoms. The standard InChI is InChI=1S/C16H19BClF3O4/c1-14(2)15(3,4)25-17(24-14)11(8-13(22)23)10-7-9(16(19,20)21)5-6-12(10)18/h5-7,11H,8H2,1-4H3,(H,22,23). The van der Waals surface area contributed by atoms with E-state index < -0.39 is 48.3 Å². The summed E-state index contributed by atoms with van der Waals surface area (Å²) in [6.07, 6.45) is -5.04. The summed E-state index contributed by atoms with van der Waals surface area (Å²) in [5.74, 6) is -2.17. The zero-order valence-electron chi connectivity index (χ0n) is 14.3. The molecule has 1 N–H and O–H groups in total. The van der Waals surface area contributed by atoms with E-state index in [1.807, 2.05) is 0 Å². The molecule has 25 heavy (non-hydrogen) atoms. The zero-order chi connectivity index (χ0) is 19.2. The Bertz CT molecular complexity index is 660. The number of hydrogen-bond donors (Lipinski definition) is 1. The van der Waals surface area contributed by atoms with Crippen molar-refractivity contribution in [2.45, 2.75) is 57.3 Å². The van der Waals surface area contributed by atoms with Crippen LogP contribution in [0.5, 0.6) is 0 Å². The highest BCUT2D eigenvalue weighted by Gasteiger charge is 2.54. The van der Waals surface area contributed by atoms with E-state index in [1.54, 1.807) is 27.7 Å². The van der Waals surface area contributed by atoms with E-state index in [4.69, 9.17) is 20.9 Å². The summed E-state index contributed by atoms with van der Waals surface area (Å²) in [6.45, 7) is 7.11. The molecule has 1 aliphatic rings. The van der Waals surface area contributed by atoms with Crippen molar-refractivity contribution in [1.29, 1.82) is 0 Å². The van der Waals surface area contributed by atoms with Gasteiger partial charge in [0.25, 0.3) is 0 Å². The minimum absolute atomic E-state index is 0.0361.